The van der Waals surface area contributed by atoms with E-state index >= 15 is 0 Å². The van der Waals surface area contributed by atoms with E-state index < -0.39 is 0 Å². The summed E-state index contributed by atoms with van der Waals surface area (Å²) in [5.74, 6) is 0. The number of hydrogen-bond acceptors (Lipinski definition) is 3. The van der Waals surface area contributed by atoms with Gasteiger partial charge in [-0.3, -0.25) is 4.90 Å². The van der Waals surface area contributed by atoms with Crippen LogP contribution in [0.15, 0.2) is 6.07 Å². The molecule has 1 N–H and O–H groups in total. The maximum Gasteiger partial charge on any atom is 0.135 e. The van der Waals surface area contributed by atoms with Crippen LogP contribution in [0.1, 0.15) is 18.2 Å². The van der Waals surface area contributed by atoms with Gasteiger partial charge in [0.2, 0.25) is 0 Å². The second-order valence-corrected chi connectivity index (χ2v) is 5.30. The molecular formula is C12H17Cl2N3. The van der Waals surface area contributed by atoms with E-state index in [0.717, 1.165) is 37.4 Å². The van der Waals surface area contributed by atoms with Crippen LogP contribution in [0.25, 0.3) is 0 Å². The molecule has 0 spiro atoms. The number of rotatable bonds is 2. The highest BCUT2D eigenvalue weighted by Gasteiger charge is 2.20. The highest BCUT2D eigenvalue weighted by molar-refractivity contribution is 6.35. The Labute approximate surface area is 112 Å². The van der Waals surface area contributed by atoms with E-state index in [1.165, 1.54) is 0 Å². The van der Waals surface area contributed by atoms with Crippen molar-refractivity contribution in [2.24, 2.45) is 0 Å². The van der Waals surface area contributed by atoms with Crippen LogP contribution in [0.3, 0.4) is 0 Å². The van der Waals surface area contributed by atoms with Crippen LogP contribution in [0, 0.1) is 6.92 Å². The maximum absolute atomic E-state index is 6.24. The Morgan fingerprint density at radius 2 is 2.29 bits per heavy atom. The summed E-state index contributed by atoms with van der Waals surface area (Å²) in [5, 5.41) is 4.61. The first kappa shape index (κ1) is 13.1. The fourth-order valence-corrected chi connectivity index (χ4v) is 2.74. The summed E-state index contributed by atoms with van der Waals surface area (Å²) in [4.78, 5) is 6.64. The molecule has 0 amide bonds. The van der Waals surface area contributed by atoms with Crippen molar-refractivity contribution in [3.63, 3.8) is 0 Å². The van der Waals surface area contributed by atoms with E-state index in [4.69, 9.17) is 23.2 Å². The second kappa shape index (κ2) is 5.53. The molecule has 1 saturated heterocycles. The molecule has 1 atom stereocenters. The average molecular weight is 274 g/mol. The van der Waals surface area contributed by atoms with E-state index in [1.54, 1.807) is 0 Å². The largest absolute Gasteiger partial charge is 0.314 e. The molecule has 1 aliphatic rings. The van der Waals surface area contributed by atoms with Gasteiger partial charge in [0.1, 0.15) is 5.15 Å². The third kappa shape index (κ3) is 3.10. The molecule has 1 fully saturated rings. The van der Waals surface area contributed by atoms with E-state index in [2.05, 4.69) is 22.1 Å². The van der Waals surface area contributed by atoms with Crippen molar-refractivity contribution in [2.45, 2.75) is 26.4 Å². The van der Waals surface area contributed by atoms with E-state index in [9.17, 15) is 0 Å². The van der Waals surface area contributed by atoms with Gasteiger partial charge in [0, 0.05) is 48.5 Å². The van der Waals surface area contributed by atoms with E-state index in [0.29, 0.717) is 16.2 Å². The summed E-state index contributed by atoms with van der Waals surface area (Å²) in [6.07, 6.45) is 0. The maximum atomic E-state index is 6.24. The van der Waals surface area contributed by atoms with Gasteiger partial charge in [-0.25, -0.2) is 4.98 Å². The number of pyridine rings is 1. The minimum absolute atomic E-state index is 0.497. The molecule has 0 bridgehead atoms. The van der Waals surface area contributed by atoms with Crippen LogP contribution in [0.2, 0.25) is 10.2 Å². The van der Waals surface area contributed by atoms with Crippen molar-refractivity contribution < 1.29 is 0 Å². The minimum atomic E-state index is 0.497. The Bertz CT molecular complexity index is 386. The highest BCUT2D eigenvalue weighted by atomic mass is 35.5. The lowest BCUT2D eigenvalue weighted by Gasteiger charge is -2.34. The number of nitrogens with zero attached hydrogens (tertiary/aromatic N) is 2. The van der Waals surface area contributed by atoms with E-state index in [1.807, 2.05) is 13.0 Å². The van der Waals surface area contributed by atoms with E-state index in [-0.39, 0.29) is 0 Å². The summed E-state index contributed by atoms with van der Waals surface area (Å²) < 4.78 is 0. The normalized spacial score (nSPS) is 21.8. The summed E-state index contributed by atoms with van der Waals surface area (Å²) in [7, 11) is 0. The lowest BCUT2D eigenvalue weighted by molar-refractivity contribution is 0.165. The first-order valence-corrected chi connectivity index (χ1v) is 6.60. The molecule has 17 heavy (non-hydrogen) atoms. The fourth-order valence-electron chi connectivity index (χ4n) is 2.09. The van der Waals surface area contributed by atoms with Crippen LogP contribution in [0.5, 0.6) is 0 Å². The first-order valence-electron chi connectivity index (χ1n) is 5.84. The van der Waals surface area contributed by atoms with Gasteiger partial charge in [0.05, 0.1) is 0 Å². The Hall–Kier alpha value is -0.350. The number of piperazine rings is 1. The molecule has 1 aromatic heterocycles. The predicted molar refractivity (Wildman–Crippen MR) is 71.7 cm³/mol. The zero-order valence-electron chi connectivity index (χ0n) is 10.1. The van der Waals surface area contributed by atoms with Crippen molar-refractivity contribution in [1.29, 1.82) is 0 Å². The monoisotopic (exact) mass is 273 g/mol. The number of aromatic nitrogens is 1. The average Bonchev–Trinajstić information content (AvgIpc) is 2.25. The fraction of sp³-hybridized carbons (Fsp3) is 0.583. The zero-order chi connectivity index (χ0) is 12.4. The molecule has 5 heteroatoms. The Balaban J connectivity index is 2.17. The molecule has 0 aromatic carbocycles. The quantitative estimate of drug-likeness (QED) is 0.840. The molecule has 0 unspecified atom stereocenters. The molecule has 2 heterocycles. The third-order valence-corrected chi connectivity index (χ3v) is 3.80. The smallest absolute Gasteiger partial charge is 0.135 e. The summed E-state index contributed by atoms with van der Waals surface area (Å²) in [6, 6.07) is 2.37. The van der Waals surface area contributed by atoms with Crippen LogP contribution < -0.4 is 5.32 Å². The van der Waals surface area contributed by atoms with Gasteiger partial charge < -0.3 is 5.32 Å². The van der Waals surface area contributed by atoms with Crippen LogP contribution in [-0.4, -0.2) is 35.6 Å². The molecule has 0 radical (unpaired) electrons. The molecule has 3 nitrogen and oxygen atoms in total. The van der Waals surface area contributed by atoms with Crippen LogP contribution in [0.4, 0.5) is 0 Å². The second-order valence-electron chi connectivity index (χ2n) is 4.54. The van der Waals surface area contributed by atoms with Gasteiger partial charge in [0.25, 0.3) is 0 Å². The molecular weight excluding hydrogens is 257 g/mol. The lowest BCUT2D eigenvalue weighted by Crippen LogP contribution is -2.49. The molecule has 1 aliphatic heterocycles. The highest BCUT2D eigenvalue weighted by Crippen LogP contribution is 2.26. The van der Waals surface area contributed by atoms with Crippen molar-refractivity contribution in [1.82, 2.24) is 15.2 Å². The van der Waals surface area contributed by atoms with Crippen molar-refractivity contribution in [3.8, 4) is 0 Å². The van der Waals surface area contributed by atoms with Gasteiger partial charge >= 0.3 is 0 Å². The molecule has 2 rings (SSSR count). The van der Waals surface area contributed by atoms with Crippen LogP contribution >= 0.6 is 23.2 Å². The van der Waals surface area contributed by atoms with Gasteiger partial charge in [-0.15, -0.1) is 0 Å². The zero-order valence-corrected chi connectivity index (χ0v) is 11.6. The summed E-state index contributed by atoms with van der Waals surface area (Å²) in [5.41, 5.74) is 1.80. The van der Waals surface area contributed by atoms with Gasteiger partial charge in [-0.2, -0.15) is 0 Å². The first-order chi connectivity index (χ1) is 8.08. The molecule has 0 saturated carbocycles. The van der Waals surface area contributed by atoms with Crippen LogP contribution in [-0.2, 0) is 6.54 Å². The third-order valence-electron chi connectivity index (χ3n) is 3.15. The SMILES string of the molecule is Cc1cc(Cl)c(CN2CCNC[C@@H]2C)c(Cl)n1. The van der Waals surface area contributed by atoms with Gasteiger partial charge in [-0.1, -0.05) is 23.2 Å². The Morgan fingerprint density at radius 3 is 2.94 bits per heavy atom. The van der Waals surface area contributed by atoms with Gasteiger partial charge in [-0.05, 0) is 19.9 Å². The number of aryl methyl sites for hydroxylation is 1. The summed E-state index contributed by atoms with van der Waals surface area (Å²) in [6.45, 7) is 7.91. The number of nitrogens with one attached hydrogen (secondary N) is 1. The Morgan fingerprint density at radius 1 is 1.53 bits per heavy atom. The topological polar surface area (TPSA) is 28.2 Å². The van der Waals surface area contributed by atoms with Crippen molar-refractivity contribution >= 4 is 23.2 Å². The molecule has 0 aliphatic carbocycles. The lowest BCUT2D eigenvalue weighted by atomic mass is 10.1. The Kier molecular flexibility index (Phi) is 4.26. The molecule has 94 valence electrons. The number of halogens is 2. The summed E-state index contributed by atoms with van der Waals surface area (Å²) >= 11 is 12.4. The van der Waals surface area contributed by atoms with Crippen molar-refractivity contribution in [2.75, 3.05) is 19.6 Å². The minimum Gasteiger partial charge on any atom is -0.314 e. The molecule has 1 aromatic rings. The van der Waals surface area contributed by atoms with Gasteiger partial charge in [0.15, 0.2) is 0 Å². The van der Waals surface area contributed by atoms with Crippen molar-refractivity contribution in [3.05, 3.63) is 27.5 Å². The standard InChI is InChI=1S/C12H17Cl2N3/c1-8-5-11(13)10(12(14)16-8)7-17-4-3-15-6-9(17)2/h5,9,15H,3-4,6-7H2,1-2H3/t9-/m0/s1. The number of hydrogen-bond donors (Lipinski definition) is 1. The predicted octanol–water partition coefficient (Wildman–Crippen LogP) is 2.49.